The van der Waals surface area contributed by atoms with E-state index in [0.717, 1.165) is 91.0 Å². The molecule has 113 heavy (non-hydrogen) atoms. The molecule has 18 rings (SSSR count). The predicted octanol–water partition coefficient (Wildman–Crippen LogP) is 15.1. The van der Waals surface area contributed by atoms with Crippen molar-refractivity contribution in [2.45, 2.75) is 53.3 Å². The quantitative estimate of drug-likeness (QED) is 0.0535. The molecule has 16 N–H and O–H groups in total. The number of phenols is 16. The van der Waals surface area contributed by atoms with Gasteiger partial charge in [0.15, 0.2) is 23.1 Å². The van der Waals surface area contributed by atoms with Crippen LogP contribution in [0.25, 0.3) is 11.6 Å². The van der Waals surface area contributed by atoms with E-state index in [-0.39, 0.29) is 132 Å². The molecule has 0 saturated carbocycles. The molecule has 0 fully saturated rings. The Balaban J connectivity index is 0.000000119. The maximum Gasteiger partial charge on any atom is 0.171 e. The second-order valence-electron chi connectivity index (χ2n) is 28.5. The molecule has 0 heterocycles. The van der Waals surface area contributed by atoms with Gasteiger partial charge in [-0.25, -0.2) is 0 Å². The van der Waals surface area contributed by atoms with Crippen LogP contribution in [-0.2, 0) is 11.8 Å². The number of fused-ring (bicyclic) bond motifs is 10. The number of hydrogen-bond donors (Lipinski definition) is 16. The minimum atomic E-state index is -0.824. The van der Waals surface area contributed by atoms with Gasteiger partial charge in [-0.05, 0) is 195 Å². The van der Waals surface area contributed by atoms with Gasteiger partial charge in [0, 0.05) is 122 Å². The summed E-state index contributed by atoms with van der Waals surface area (Å²) in [6, 6.07) is 52.2. The molecule has 6 aliphatic rings. The van der Waals surface area contributed by atoms with Crippen LogP contribution in [0.3, 0.4) is 0 Å². The molecular formula is C90H74O23. The van der Waals surface area contributed by atoms with Crippen LogP contribution in [0.2, 0.25) is 0 Å². The van der Waals surface area contributed by atoms with Gasteiger partial charge in [-0.15, -0.1) is 0 Å². The van der Waals surface area contributed by atoms with Gasteiger partial charge in [0.05, 0.1) is 47.4 Å². The molecule has 12 aromatic carbocycles. The van der Waals surface area contributed by atoms with Crippen LogP contribution >= 0.6 is 0 Å². The summed E-state index contributed by atoms with van der Waals surface area (Å²) in [7, 11) is 8.33. The number of carbonyl (C=O) groups excluding carboxylic acids is 2. The second kappa shape index (κ2) is 28.5. The van der Waals surface area contributed by atoms with E-state index >= 15 is 0 Å². The van der Waals surface area contributed by atoms with Crippen molar-refractivity contribution in [1.82, 2.24) is 0 Å². The maximum absolute atomic E-state index is 13.1. The monoisotopic (exact) mass is 1520 g/mol. The lowest BCUT2D eigenvalue weighted by atomic mass is 9.53. The Morgan fingerprint density at radius 2 is 0.726 bits per heavy atom. The molecule has 23 nitrogen and oxygen atoms in total. The van der Waals surface area contributed by atoms with Gasteiger partial charge in [-0.2, -0.15) is 0 Å². The molecule has 0 saturated heterocycles. The van der Waals surface area contributed by atoms with Crippen molar-refractivity contribution in [3.63, 3.8) is 0 Å². The van der Waals surface area contributed by atoms with Crippen LogP contribution in [0.5, 0.6) is 121 Å². The SMILES string of the molecule is COc1ccc([C@@H]2C(c3cc(OC)cc(OC)c3)=Cc3cc(OC)cc(OC)c32)cc1.O=C1c2cc(O)cc(O)c2[C@H](c2cc(O)cc(O)c2)[C@@H]1c1ccc(O)cc1.O=C1c2cc(O)cc(O)c2[C@H](c2ccc(O)cc2)[C@H]1c1cc(O)cc(O)c1.Oc1cc(O)c2c(c1)C1c3c(O)cc(O)cc3C13Cc1cc(O)c(O)cc1C23. The Bertz CT molecular complexity index is 5830. The molecule has 0 aromatic heterocycles. The molecule has 0 bridgehead atoms. The van der Waals surface area contributed by atoms with Crippen molar-refractivity contribution in [2.24, 2.45) is 0 Å². The van der Waals surface area contributed by atoms with Crippen LogP contribution in [0, 0.1) is 0 Å². The van der Waals surface area contributed by atoms with Crippen molar-refractivity contribution in [3.05, 3.63) is 300 Å². The van der Waals surface area contributed by atoms with Crippen molar-refractivity contribution in [2.75, 3.05) is 35.5 Å². The lowest BCUT2D eigenvalue weighted by molar-refractivity contribution is 0.0960. The Hall–Kier alpha value is -14.5. The van der Waals surface area contributed by atoms with Crippen molar-refractivity contribution in [1.29, 1.82) is 0 Å². The number of Topliss-reactive ketones (excluding diaryl/α,β-unsaturated/α-hetero) is 2. The standard InChI is InChI=1S/C26H26O5.C22H16O6.2C21H16O6/c1-27-19-8-6-16(7-9-19)25-23(17-10-20(28-2)14-21(11-17)29-3)13-18-12-22(30-4)15-24(31-5)26(18)25;23-9-2-12-18(16(27)4-9)20-11-6-15(26)14(25)1-8(11)7-22(20)13-3-10(24)5-17(28)19(13)21(12)22;22-12-3-1-10(2-4-12)19-18(11-5-13(23)7-14(24)6-11)20-16(21(19)27)8-15(25)9-17(20)26;22-12-3-1-10(2-4-12)18-19(11-5-13(23)7-14(24)6-11)21(27)16-8-15(25)9-17(26)20(16)18/h6-15,25H,1-5H3;1-6,20-21,23-28H,7H2;2*1-9,18-19,22-26H/t25-;;18-,19+;18-,19-/m1.11/s1. The third kappa shape index (κ3) is 12.7. The fourth-order valence-corrected chi connectivity index (χ4v) is 17.7. The lowest BCUT2D eigenvalue weighted by Gasteiger charge is -2.48. The molecule has 8 atom stereocenters. The zero-order valence-electron chi connectivity index (χ0n) is 60.9. The molecule has 572 valence electrons. The minimum absolute atomic E-state index is 0.0262. The largest absolute Gasteiger partial charge is 0.508 e. The Morgan fingerprint density at radius 3 is 1.24 bits per heavy atom. The molecule has 1 spiro atoms. The zero-order chi connectivity index (χ0) is 80.1. The first-order chi connectivity index (χ1) is 54.1. The summed E-state index contributed by atoms with van der Waals surface area (Å²) in [5.41, 5.74) is 12.5. The van der Waals surface area contributed by atoms with Gasteiger partial charge < -0.3 is 105 Å². The number of methoxy groups -OCH3 is 5. The third-order valence-corrected chi connectivity index (χ3v) is 22.2. The van der Waals surface area contributed by atoms with Crippen LogP contribution < -0.4 is 23.7 Å². The summed E-state index contributed by atoms with van der Waals surface area (Å²) in [4.78, 5) is 26.3. The summed E-state index contributed by atoms with van der Waals surface area (Å²) in [6.45, 7) is 0. The normalized spacial score (nSPS) is 19.1. The number of allylic oxidation sites excluding steroid dienone is 1. The van der Waals surface area contributed by atoms with Gasteiger partial charge in [0.1, 0.15) is 109 Å². The Kier molecular flexibility index (Phi) is 18.7. The van der Waals surface area contributed by atoms with E-state index in [4.69, 9.17) is 23.7 Å². The fourth-order valence-electron chi connectivity index (χ4n) is 17.7. The summed E-state index contributed by atoms with van der Waals surface area (Å²) < 4.78 is 27.7. The number of phenolic OH excluding ortho intramolecular Hbond substituents is 16. The average molecular weight is 1520 g/mol. The maximum atomic E-state index is 13.1. The van der Waals surface area contributed by atoms with Crippen molar-refractivity contribution < 1.29 is 115 Å². The molecule has 12 aromatic rings. The lowest BCUT2D eigenvalue weighted by Crippen LogP contribution is -2.43. The fraction of sp³-hybridized carbons (Fsp3) is 0.156. The van der Waals surface area contributed by atoms with E-state index in [0.29, 0.717) is 50.9 Å². The van der Waals surface area contributed by atoms with Crippen LogP contribution in [0.4, 0.5) is 0 Å². The van der Waals surface area contributed by atoms with Crippen LogP contribution in [-0.4, -0.2) is 129 Å². The smallest absolute Gasteiger partial charge is 0.171 e. The van der Waals surface area contributed by atoms with E-state index in [2.05, 4.69) is 18.2 Å². The number of ketones is 2. The first-order valence-corrected chi connectivity index (χ1v) is 35.5. The number of rotatable bonds is 11. The van der Waals surface area contributed by atoms with Gasteiger partial charge in [-0.1, -0.05) is 36.4 Å². The molecule has 0 amide bonds. The number of carbonyl (C=O) groups is 2. The molecule has 23 heteroatoms. The van der Waals surface area contributed by atoms with E-state index in [1.165, 1.54) is 97.1 Å². The summed E-state index contributed by atoms with van der Waals surface area (Å²) in [6.07, 6.45) is 2.69. The van der Waals surface area contributed by atoms with Crippen molar-refractivity contribution in [3.8, 4) is 121 Å². The summed E-state index contributed by atoms with van der Waals surface area (Å²) >= 11 is 0. The van der Waals surface area contributed by atoms with Gasteiger partial charge in [-0.3, -0.25) is 9.59 Å². The highest BCUT2D eigenvalue weighted by molar-refractivity contribution is 6.09. The summed E-state index contributed by atoms with van der Waals surface area (Å²) in [5.74, 6) is -2.52. The van der Waals surface area contributed by atoms with E-state index < -0.39 is 29.1 Å². The highest BCUT2D eigenvalue weighted by Gasteiger charge is 2.67. The van der Waals surface area contributed by atoms with E-state index in [9.17, 15) is 91.3 Å². The van der Waals surface area contributed by atoms with E-state index in [1.807, 2.05) is 42.5 Å². The minimum Gasteiger partial charge on any atom is -0.508 e. The predicted molar refractivity (Wildman–Crippen MR) is 413 cm³/mol. The summed E-state index contributed by atoms with van der Waals surface area (Å²) in [5, 5.41) is 160. The third-order valence-electron chi connectivity index (χ3n) is 22.2. The molecule has 6 aliphatic carbocycles. The number of hydrogen-bond acceptors (Lipinski definition) is 23. The Labute approximate surface area is 645 Å². The molecule has 0 aliphatic heterocycles. The van der Waals surface area contributed by atoms with Gasteiger partial charge in [0.2, 0.25) is 0 Å². The number of ether oxygens (including phenoxy) is 5. The van der Waals surface area contributed by atoms with Gasteiger partial charge >= 0.3 is 0 Å². The van der Waals surface area contributed by atoms with E-state index in [1.54, 1.807) is 71.9 Å². The highest BCUT2D eigenvalue weighted by Crippen LogP contribution is 2.76. The molecule has 3 unspecified atom stereocenters. The number of benzene rings is 12. The van der Waals surface area contributed by atoms with Gasteiger partial charge in [0.25, 0.3) is 0 Å². The van der Waals surface area contributed by atoms with Crippen molar-refractivity contribution >= 4 is 23.2 Å². The Morgan fingerprint density at radius 1 is 0.310 bits per heavy atom. The molecular weight excluding hydrogens is 1450 g/mol. The second-order valence-corrected chi connectivity index (χ2v) is 28.5. The topological polar surface area (TPSA) is 404 Å². The number of aromatic hydroxyl groups is 16. The highest BCUT2D eigenvalue weighted by atomic mass is 16.5. The average Bonchev–Trinajstić information content (AvgIpc) is 1.48. The molecule has 0 radical (unpaired) electrons. The first kappa shape index (κ1) is 74.0. The van der Waals surface area contributed by atoms with Crippen LogP contribution in [0.1, 0.15) is 151 Å². The first-order valence-electron chi connectivity index (χ1n) is 35.5. The zero-order valence-corrected chi connectivity index (χ0v) is 60.9. The van der Waals surface area contributed by atoms with Crippen LogP contribution in [0.15, 0.2) is 200 Å².